The van der Waals surface area contributed by atoms with Crippen molar-refractivity contribution in [3.8, 4) is 0 Å². The van der Waals surface area contributed by atoms with Crippen LogP contribution in [0.3, 0.4) is 0 Å². The van der Waals surface area contributed by atoms with Crippen LogP contribution < -0.4 is 5.32 Å². The molecule has 1 fully saturated rings. The molecule has 0 aromatic heterocycles. The van der Waals surface area contributed by atoms with Crippen LogP contribution in [0.2, 0.25) is 0 Å². The largest absolute Gasteiger partial charge is 0.381 e. The van der Waals surface area contributed by atoms with E-state index in [1.54, 1.807) is 0 Å². The number of rotatable bonds is 4. The van der Waals surface area contributed by atoms with Gasteiger partial charge < -0.3 is 15.0 Å². The van der Waals surface area contributed by atoms with E-state index in [1.807, 2.05) is 7.05 Å². The number of hydrogen-bond donors (Lipinski definition) is 1. The predicted octanol–water partition coefficient (Wildman–Crippen LogP) is 0.563. The van der Waals surface area contributed by atoms with Crippen LogP contribution in [0.5, 0.6) is 0 Å². The fraction of sp³-hybridized carbons (Fsp3) is 1.00. The zero-order valence-electron chi connectivity index (χ0n) is 9.05. The van der Waals surface area contributed by atoms with E-state index in [4.69, 9.17) is 4.74 Å². The third-order valence-corrected chi connectivity index (χ3v) is 2.70. The summed E-state index contributed by atoms with van der Waals surface area (Å²) in [6, 6.07) is 0.579. The summed E-state index contributed by atoms with van der Waals surface area (Å²) < 4.78 is 5.49. The molecular formula is C10H22N2O. The van der Waals surface area contributed by atoms with Crippen LogP contribution in [0.15, 0.2) is 0 Å². The second-order valence-corrected chi connectivity index (χ2v) is 4.13. The Kier molecular flexibility index (Phi) is 4.70. The molecule has 0 saturated carbocycles. The average Bonchev–Trinajstić information content (AvgIpc) is 2.15. The van der Waals surface area contributed by atoms with Crippen molar-refractivity contribution in [2.45, 2.75) is 18.9 Å². The molecule has 78 valence electrons. The second-order valence-electron chi connectivity index (χ2n) is 4.13. The zero-order valence-corrected chi connectivity index (χ0v) is 9.05. The molecule has 0 radical (unpaired) electrons. The molecule has 0 aromatic carbocycles. The highest BCUT2D eigenvalue weighted by Crippen LogP contribution is 2.17. The number of hydrogen-bond acceptors (Lipinski definition) is 3. The van der Waals surface area contributed by atoms with Crippen molar-refractivity contribution in [1.29, 1.82) is 0 Å². The van der Waals surface area contributed by atoms with E-state index in [0.717, 1.165) is 19.8 Å². The summed E-state index contributed by atoms with van der Waals surface area (Å²) in [6.45, 7) is 2.98. The molecule has 13 heavy (non-hydrogen) atoms. The van der Waals surface area contributed by atoms with Crippen molar-refractivity contribution in [3.63, 3.8) is 0 Å². The quantitative estimate of drug-likeness (QED) is 0.694. The SMILES string of the molecule is CNC(CN(C)C)C1CCCOC1. The molecule has 2 atom stereocenters. The van der Waals surface area contributed by atoms with Gasteiger partial charge in [-0.2, -0.15) is 0 Å². The van der Waals surface area contributed by atoms with Gasteiger partial charge >= 0.3 is 0 Å². The van der Waals surface area contributed by atoms with Gasteiger partial charge in [0.15, 0.2) is 0 Å². The Labute approximate surface area is 81.4 Å². The van der Waals surface area contributed by atoms with Crippen LogP contribution in [0.25, 0.3) is 0 Å². The summed E-state index contributed by atoms with van der Waals surface area (Å²) in [5, 5.41) is 3.38. The Hall–Kier alpha value is -0.120. The summed E-state index contributed by atoms with van der Waals surface area (Å²) in [7, 11) is 6.28. The lowest BCUT2D eigenvalue weighted by Crippen LogP contribution is -2.44. The first-order valence-corrected chi connectivity index (χ1v) is 5.13. The molecule has 1 saturated heterocycles. The molecule has 0 aliphatic carbocycles. The molecule has 0 bridgehead atoms. The fourth-order valence-corrected chi connectivity index (χ4v) is 1.95. The molecule has 1 N–H and O–H groups in total. The van der Waals surface area contributed by atoms with Crippen LogP contribution in [0.1, 0.15) is 12.8 Å². The minimum Gasteiger partial charge on any atom is -0.381 e. The van der Waals surface area contributed by atoms with Crippen molar-refractivity contribution < 1.29 is 4.74 Å². The average molecular weight is 186 g/mol. The van der Waals surface area contributed by atoms with Crippen LogP contribution in [-0.4, -0.2) is 51.8 Å². The van der Waals surface area contributed by atoms with E-state index in [9.17, 15) is 0 Å². The van der Waals surface area contributed by atoms with Crippen LogP contribution in [0.4, 0.5) is 0 Å². The van der Waals surface area contributed by atoms with E-state index in [1.165, 1.54) is 12.8 Å². The Morgan fingerprint density at radius 3 is 2.77 bits per heavy atom. The van der Waals surface area contributed by atoms with Gasteiger partial charge in [-0.3, -0.25) is 0 Å². The van der Waals surface area contributed by atoms with Gasteiger partial charge in [0.2, 0.25) is 0 Å². The normalized spacial score (nSPS) is 26.3. The maximum atomic E-state index is 5.49. The van der Waals surface area contributed by atoms with Crippen molar-refractivity contribution in [2.75, 3.05) is 40.9 Å². The van der Waals surface area contributed by atoms with Crippen LogP contribution in [0, 0.1) is 5.92 Å². The second kappa shape index (κ2) is 5.58. The Morgan fingerprint density at radius 1 is 1.54 bits per heavy atom. The van der Waals surface area contributed by atoms with Crippen LogP contribution >= 0.6 is 0 Å². The zero-order chi connectivity index (χ0) is 9.68. The molecule has 3 nitrogen and oxygen atoms in total. The molecule has 1 rings (SSSR count). The Morgan fingerprint density at radius 2 is 2.31 bits per heavy atom. The summed E-state index contributed by atoms with van der Waals surface area (Å²) >= 11 is 0. The van der Waals surface area contributed by atoms with Crippen LogP contribution in [-0.2, 0) is 4.74 Å². The van der Waals surface area contributed by atoms with Crippen molar-refractivity contribution >= 4 is 0 Å². The maximum Gasteiger partial charge on any atom is 0.0509 e. The van der Waals surface area contributed by atoms with Gasteiger partial charge in [-0.05, 0) is 39.9 Å². The monoisotopic (exact) mass is 186 g/mol. The lowest BCUT2D eigenvalue weighted by Gasteiger charge is -2.31. The standard InChI is InChI=1S/C10H22N2O/c1-11-10(7-12(2)3)9-5-4-6-13-8-9/h9-11H,4-8H2,1-3H3. The molecule has 0 aromatic rings. The number of nitrogens with one attached hydrogen (secondary N) is 1. The highest BCUT2D eigenvalue weighted by molar-refractivity contribution is 4.78. The maximum absolute atomic E-state index is 5.49. The number of nitrogens with zero attached hydrogens (tertiary/aromatic N) is 1. The Balaban J connectivity index is 2.34. The van der Waals surface area contributed by atoms with Gasteiger partial charge in [0.05, 0.1) is 6.61 Å². The fourth-order valence-electron chi connectivity index (χ4n) is 1.95. The summed E-state index contributed by atoms with van der Waals surface area (Å²) in [5.41, 5.74) is 0. The van der Waals surface area contributed by atoms with E-state index >= 15 is 0 Å². The lowest BCUT2D eigenvalue weighted by molar-refractivity contribution is 0.0364. The molecule has 2 unspecified atom stereocenters. The van der Waals surface area contributed by atoms with Gasteiger partial charge in [-0.15, -0.1) is 0 Å². The molecule has 0 spiro atoms. The minimum atomic E-state index is 0.579. The van der Waals surface area contributed by atoms with Gasteiger partial charge in [0.1, 0.15) is 0 Å². The molecule has 1 heterocycles. The molecular weight excluding hydrogens is 164 g/mol. The van der Waals surface area contributed by atoms with Crippen molar-refractivity contribution in [2.24, 2.45) is 5.92 Å². The topological polar surface area (TPSA) is 24.5 Å². The van der Waals surface area contributed by atoms with Gasteiger partial charge in [0, 0.05) is 19.2 Å². The van der Waals surface area contributed by atoms with E-state index < -0.39 is 0 Å². The lowest BCUT2D eigenvalue weighted by atomic mass is 9.93. The van der Waals surface area contributed by atoms with Gasteiger partial charge in [0.25, 0.3) is 0 Å². The van der Waals surface area contributed by atoms with Gasteiger partial charge in [-0.25, -0.2) is 0 Å². The first kappa shape index (κ1) is 11.0. The highest BCUT2D eigenvalue weighted by atomic mass is 16.5. The third-order valence-electron chi connectivity index (χ3n) is 2.70. The molecule has 1 aliphatic heterocycles. The summed E-state index contributed by atoms with van der Waals surface area (Å²) in [4.78, 5) is 2.23. The molecule has 0 amide bonds. The molecule has 1 aliphatic rings. The summed E-state index contributed by atoms with van der Waals surface area (Å²) in [5.74, 6) is 0.696. The van der Waals surface area contributed by atoms with Crippen molar-refractivity contribution in [1.82, 2.24) is 10.2 Å². The minimum absolute atomic E-state index is 0.579. The highest BCUT2D eigenvalue weighted by Gasteiger charge is 2.22. The third kappa shape index (κ3) is 3.63. The smallest absolute Gasteiger partial charge is 0.0509 e. The van der Waals surface area contributed by atoms with E-state index in [2.05, 4.69) is 24.3 Å². The van der Waals surface area contributed by atoms with Gasteiger partial charge in [-0.1, -0.05) is 0 Å². The first-order chi connectivity index (χ1) is 6.24. The van der Waals surface area contributed by atoms with Crippen molar-refractivity contribution in [3.05, 3.63) is 0 Å². The molecule has 3 heteroatoms. The van der Waals surface area contributed by atoms with E-state index in [0.29, 0.717) is 12.0 Å². The number of likely N-dealkylation sites (N-methyl/N-ethyl adjacent to an activating group) is 2. The van der Waals surface area contributed by atoms with E-state index in [-0.39, 0.29) is 0 Å². The Bertz CT molecular complexity index is 133. The summed E-state index contributed by atoms with van der Waals surface area (Å²) in [6.07, 6.45) is 2.52. The number of ether oxygens (including phenoxy) is 1. The first-order valence-electron chi connectivity index (χ1n) is 5.13. The predicted molar refractivity (Wildman–Crippen MR) is 54.9 cm³/mol.